The zero-order chi connectivity index (χ0) is 20.0. The van der Waals surface area contributed by atoms with Gasteiger partial charge in [0.25, 0.3) is 0 Å². The van der Waals surface area contributed by atoms with Gasteiger partial charge in [0.15, 0.2) is 0 Å². The van der Waals surface area contributed by atoms with Gasteiger partial charge in [0.2, 0.25) is 0 Å². The van der Waals surface area contributed by atoms with Gasteiger partial charge < -0.3 is 11.1 Å². The molecular formula is C22H28ClN5. The van der Waals surface area contributed by atoms with Gasteiger partial charge in [-0.25, -0.2) is 9.97 Å². The number of halogens is 1. The Kier molecular flexibility index (Phi) is 6.74. The molecule has 1 unspecified atom stereocenters. The molecule has 148 valence electrons. The van der Waals surface area contributed by atoms with E-state index in [1.54, 1.807) is 6.07 Å². The molecule has 5 nitrogen and oxygen atoms in total. The van der Waals surface area contributed by atoms with Gasteiger partial charge in [0.1, 0.15) is 11.6 Å². The third-order valence-corrected chi connectivity index (χ3v) is 6.03. The van der Waals surface area contributed by atoms with E-state index in [0.717, 1.165) is 48.7 Å². The number of rotatable bonds is 9. The maximum absolute atomic E-state index is 9.94. The van der Waals surface area contributed by atoms with Crippen molar-refractivity contribution in [2.45, 2.75) is 51.9 Å². The van der Waals surface area contributed by atoms with Crippen molar-refractivity contribution in [3.05, 3.63) is 35.5 Å². The molecule has 1 fully saturated rings. The van der Waals surface area contributed by atoms with Crippen LogP contribution in [0.2, 0.25) is 5.02 Å². The third-order valence-electron chi connectivity index (χ3n) is 5.73. The van der Waals surface area contributed by atoms with E-state index in [-0.39, 0.29) is 5.41 Å². The van der Waals surface area contributed by atoms with E-state index in [9.17, 15) is 5.26 Å². The number of hydrogen-bond donors (Lipinski definition) is 2. The Hall–Kier alpha value is -2.32. The second-order valence-electron chi connectivity index (χ2n) is 7.83. The van der Waals surface area contributed by atoms with Crippen molar-refractivity contribution in [1.82, 2.24) is 9.97 Å². The van der Waals surface area contributed by atoms with Gasteiger partial charge in [0, 0.05) is 18.3 Å². The van der Waals surface area contributed by atoms with Crippen LogP contribution in [0.3, 0.4) is 0 Å². The molecule has 0 aromatic carbocycles. The Balaban J connectivity index is 1.72. The SMILES string of the molecule is CCCC(C#N)(CCC1CCC1)CNc1cccc(-c2cc(N)ncc2Cl)n1. The largest absolute Gasteiger partial charge is 0.384 e. The summed E-state index contributed by atoms with van der Waals surface area (Å²) in [6, 6.07) is 10.1. The van der Waals surface area contributed by atoms with Gasteiger partial charge in [-0.1, -0.05) is 50.3 Å². The number of nitrogens with one attached hydrogen (secondary N) is 1. The highest BCUT2D eigenvalue weighted by atomic mass is 35.5. The van der Waals surface area contributed by atoms with Gasteiger partial charge in [-0.3, -0.25) is 0 Å². The summed E-state index contributed by atoms with van der Waals surface area (Å²) in [5.74, 6) is 1.95. The molecule has 2 aromatic heterocycles. The molecule has 1 aliphatic carbocycles. The second kappa shape index (κ2) is 9.25. The van der Waals surface area contributed by atoms with Crippen LogP contribution < -0.4 is 11.1 Å². The van der Waals surface area contributed by atoms with E-state index in [1.165, 1.54) is 25.5 Å². The predicted molar refractivity (Wildman–Crippen MR) is 115 cm³/mol. The standard InChI is InChI=1S/C22H28ClN5/c1-2-10-22(14-24,11-9-16-5-3-6-16)15-27-21-8-4-7-19(28-21)17-12-20(25)26-13-18(17)23/h4,7-8,12-13,16H,2-3,5-6,9-11,15H2,1H3,(H2,25,26)(H,27,28). The number of aromatic nitrogens is 2. The topological polar surface area (TPSA) is 87.6 Å². The monoisotopic (exact) mass is 397 g/mol. The minimum atomic E-state index is -0.346. The van der Waals surface area contributed by atoms with Crippen LogP contribution in [0.1, 0.15) is 51.9 Å². The molecule has 3 N–H and O–H groups in total. The molecule has 1 atom stereocenters. The maximum atomic E-state index is 9.94. The average Bonchev–Trinajstić information content (AvgIpc) is 2.67. The summed E-state index contributed by atoms with van der Waals surface area (Å²) in [6.07, 6.45) is 9.51. The lowest BCUT2D eigenvalue weighted by Gasteiger charge is -2.32. The van der Waals surface area contributed by atoms with Crippen molar-refractivity contribution in [2.24, 2.45) is 11.3 Å². The predicted octanol–water partition coefficient (Wildman–Crippen LogP) is 5.68. The van der Waals surface area contributed by atoms with Crippen LogP contribution in [-0.2, 0) is 0 Å². The molecule has 0 saturated heterocycles. The highest BCUT2D eigenvalue weighted by Crippen LogP contribution is 2.37. The van der Waals surface area contributed by atoms with Crippen LogP contribution in [0.4, 0.5) is 11.6 Å². The fraction of sp³-hybridized carbons (Fsp3) is 0.500. The Morgan fingerprint density at radius 2 is 2.18 bits per heavy atom. The van der Waals surface area contributed by atoms with Crippen LogP contribution in [0.15, 0.2) is 30.5 Å². The van der Waals surface area contributed by atoms with Crippen LogP contribution in [0.25, 0.3) is 11.3 Å². The molecule has 1 aliphatic rings. The quantitative estimate of drug-likeness (QED) is 0.568. The molecule has 2 heterocycles. The highest BCUT2D eigenvalue weighted by molar-refractivity contribution is 6.33. The summed E-state index contributed by atoms with van der Waals surface area (Å²) in [5, 5.41) is 13.9. The lowest BCUT2D eigenvalue weighted by Crippen LogP contribution is -2.30. The molecular weight excluding hydrogens is 370 g/mol. The fourth-order valence-electron chi connectivity index (χ4n) is 3.79. The molecule has 1 saturated carbocycles. The fourth-order valence-corrected chi connectivity index (χ4v) is 3.99. The summed E-state index contributed by atoms with van der Waals surface area (Å²) >= 11 is 6.26. The first-order valence-electron chi connectivity index (χ1n) is 10.1. The minimum Gasteiger partial charge on any atom is -0.384 e. The number of anilines is 2. The van der Waals surface area contributed by atoms with Gasteiger partial charge in [-0.2, -0.15) is 5.26 Å². The summed E-state index contributed by atoms with van der Waals surface area (Å²) in [5.41, 5.74) is 6.93. The molecule has 0 bridgehead atoms. The zero-order valence-electron chi connectivity index (χ0n) is 16.4. The first-order valence-corrected chi connectivity index (χ1v) is 10.5. The van der Waals surface area contributed by atoms with Gasteiger partial charge in [-0.05, 0) is 43.4 Å². The first kappa shape index (κ1) is 20.4. The third kappa shape index (κ3) is 4.94. The summed E-state index contributed by atoms with van der Waals surface area (Å²) in [4.78, 5) is 8.68. The molecule has 6 heteroatoms. The summed E-state index contributed by atoms with van der Waals surface area (Å²) < 4.78 is 0. The molecule has 28 heavy (non-hydrogen) atoms. The Morgan fingerprint density at radius 1 is 1.36 bits per heavy atom. The van der Waals surface area contributed by atoms with Crippen LogP contribution in [0, 0.1) is 22.7 Å². The smallest absolute Gasteiger partial charge is 0.126 e. The van der Waals surface area contributed by atoms with E-state index in [0.29, 0.717) is 17.4 Å². The lowest BCUT2D eigenvalue weighted by molar-refractivity contribution is 0.240. The van der Waals surface area contributed by atoms with Crippen LogP contribution >= 0.6 is 11.6 Å². The second-order valence-corrected chi connectivity index (χ2v) is 8.24. The van der Waals surface area contributed by atoms with E-state index in [4.69, 9.17) is 17.3 Å². The molecule has 3 rings (SSSR count). The summed E-state index contributed by atoms with van der Waals surface area (Å²) in [6.45, 7) is 2.75. The number of hydrogen-bond acceptors (Lipinski definition) is 5. The molecule has 0 spiro atoms. The van der Waals surface area contributed by atoms with Crippen molar-refractivity contribution in [3.63, 3.8) is 0 Å². The van der Waals surface area contributed by atoms with E-state index >= 15 is 0 Å². The van der Waals surface area contributed by atoms with Crippen LogP contribution in [0.5, 0.6) is 0 Å². The van der Waals surface area contributed by atoms with Crippen molar-refractivity contribution < 1.29 is 0 Å². The lowest BCUT2D eigenvalue weighted by atomic mass is 9.74. The van der Waals surface area contributed by atoms with Gasteiger partial charge >= 0.3 is 0 Å². The number of nitrogen functional groups attached to an aromatic ring is 1. The number of nitrogens with zero attached hydrogens (tertiary/aromatic N) is 3. The number of pyridine rings is 2. The van der Waals surface area contributed by atoms with Gasteiger partial charge in [-0.15, -0.1) is 0 Å². The maximum Gasteiger partial charge on any atom is 0.126 e. The summed E-state index contributed by atoms with van der Waals surface area (Å²) in [7, 11) is 0. The molecule has 0 radical (unpaired) electrons. The van der Waals surface area contributed by atoms with Crippen molar-refractivity contribution >= 4 is 23.2 Å². The molecule has 2 aromatic rings. The number of nitriles is 1. The normalized spacial score (nSPS) is 16.0. The van der Waals surface area contributed by atoms with Crippen molar-refractivity contribution in [3.8, 4) is 17.3 Å². The minimum absolute atomic E-state index is 0.346. The van der Waals surface area contributed by atoms with Crippen molar-refractivity contribution in [2.75, 3.05) is 17.6 Å². The highest BCUT2D eigenvalue weighted by Gasteiger charge is 2.31. The average molecular weight is 398 g/mol. The van der Waals surface area contributed by atoms with E-state index in [2.05, 4.69) is 28.3 Å². The molecule has 0 amide bonds. The zero-order valence-corrected chi connectivity index (χ0v) is 17.2. The Morgan fingerprint density at radius 3 is 2.86 bits per heavy atom. The van der Waals surface area contributed by atoms with E-state index in [1.807, 2.05) is 18.2 Å². The first-order chi connectivity index (χ1) is 13.5. The van der Waals surface area contributed by atoms with Crippen molar-refractivity contribution in [1.29, 1.82) is 5.26 Å². The number of nitrogens with two attached hydrogens (primary N) is 1. The van der Waals surface area contributed by atoms with Gasteiger partial charge in [0.05, 0.1) is 22.2 Å². The Bertz CT molecular complexity index is 843. The van der Waals surface area contributed by atoms with Crippen LogP contribution in [-0.4, -0.2) is 16.5 Å². The van der Waals surface area contributed by atoms with E-state index < -0.39 is 0 Å². The Labute approximate surface area is 172 Å². The molecule has 0 aliphatic heterocycles.